The zero-order valence-electron chi connectivity index (χ0n) is 7.38. The van der Waals surface area contributed by atoms with Crippen LogP contribution < -0.4 is 0 Å². The van der Waals surface area contributed by atoms with E-state index in [1.165, 1.54) is 4.90 Å². The van der Waals surface area contributed by atoms with Crippen molar-refractivity contribution in [2.75, 3.05) is 0 Å². The Labute approximate surface area is 75.9 Å². The molecular weight excluding hydrogens is 176 g/mol. The molecule has 0 saturated carbocycles. The molecule has 0 aliphatic carbocycles. The van der Waals surface area contributed by atoms with Crippen molar-refractivity contribution in [3.8, 4) is 0 Å². The molecule has 2 atom stereocenters. The monoisotopic (exact) mass is 189 g/mol. The third-order valence-corrected chi connectivity index (χ3v) is 3.48. The number of fused-ring (bicyclic) bond motifs is 2. The maximum atomic E-state index is 12.8. The molecular formula is C9H13F2NO. The molecule has 2 heterocycles. The lowest BCUT2D eigenvalue weighted by Crippen LogP contribution is -2.54. The van der Waals surface area contributed by atoms with Gasteiger partial charge in [-0.05, 0) is 32.1 Å². The highest BCUT2D eigenvalue weighted by molar-refractivity contribution is 5.51. The van der Waals surface area contributed by atoms with Crippen LogP contribution in [0.4, 0.5) is 8.78 Å². The number of carbonyl (C=O) groups is 1. The van der Waals surface area contributed by atoms with Gasteiger partial charge >= 0.3 is 0 Å². The molecule has 2 fully saturated rings. The molecule has 74 valence electrons. The van der Waals surface area contributed by atoms with E-state index in [1.807, 2.05) is 0 Å². The summed E-state index contributed by atoms with van der Waals surface area (Å²) in [6, 6.07) is 0.0836. The van der Waals surface area contributed by atoms with Gasteiger partial charge in [0, 0.05) is 6.04 Å². The largest absolute Gasteiger partial charge is 0.331 e. The maximum Gasteiger partial charge on any atom is 0.261 e. The predicted molar refractivity (Wildman–Crippen MR) is 43.5 cm³/mol. The smallest absolute Gasteiger partial charge is 0.261 e. The molecule has 0 aromatic rings. The van der Waals surface area contributed by atoms with Crippen molar-refractivity contribution in [2.45, 2.75) is 50.1 Å². The summed E-state index contributed by atoms with van der Waals surface area (Å²) in [5, 5.41) is 0. The fraction of sp³-hybridized carbons (Fsp3) is 0.889. The summed E-state index contributed by atoms with van der Waals surface area (Å²) in [5.74, 6) is 0. The lowest BCUT2D eigenvalue weighted by molar-refractivity contribution is -0.135. The van der Waals surface area contributed by atoms with Gasteiger partial charge in [0.2, 0.25) is 6.41 Å². The summed E-state index contributed by atoms with van der Waals surface area (Å²) in [7, 11) is 0. The number of alkyl halides is 2. The summed E-state index contributed by atoms with van der Waals surface area (Å²) < 4.78 is 25.7. The molecule has 2 unspecified atom stereocenters. The van der Waals surface area contributed by atoms with Crippen LogP contribution in [0.2, 0.25) is 0 Å². The van der Waals surface area contributed by atoms with Crippen molar-refractivity contribution in [1.82, 2.24) is 4.90 Å². The predicted octanol–water partition coefficient (Wildman–Crippen LogP) is 1.79. The fourth-order valence-corrected chi connectivity index (χ4v) is 2.75. The van der Waals surface area contributed by atoms with E-state index in [4.69, 9.17) is 0 Å². The van der Waals surface area contributed by atoms with Gasteiger partial charge in [0.15, 0.2) is 0 Å². The number of amides is 1. The first-order valence-corrected chi connectivity index (χ1v) is 4.72. The van der Waals surface area contributed by atoms with Crippen LogP contribution in [0.5, 0.6) is 0 Å². The van der Waals surface area contributed by atoms with E-state index in [0.717, 1.165) is 19.3 Å². The van der Waals surface area contributed by atoms with Crippen LogP contribution in [0.3, 0.4) is 0 Å². The Morgan fingerprint density at radius 3 is 2.69 bits per heavy atom. The molecule has 2 rings (SSSR count). The minimum atomic E-state index is -2.39. The third kappa shape index (κ3) is 1.07. The number of halogens is 2. The molecule has 0 radical (unpaired) electrons. The van der Waals surface area contributed by atoms with Gasteiger partial charge in [-0.3, -0.25) is 4.79 Å². The van der Waals surface area contributed by atoms with Crippen molar-refractivity contribution in [1.29, 1.82) is 0 Å². The topological polar surface area (TPSA) is 20.3 Å². The van der Waals surface area contributed by atoms with Gasteiger partial charge in [-0.25, -0.2) is 8.78 Å². The highest BCUT2D eigenvalue weighted by Crippen LogP contribution is 2.46. The molecule has 0 aromatic carbocycles. The molecule has 0 N–H and O–H groups in total. The Morgan fingerprint density at radius 1 is 1.38 bits per heavy atom. The number of hydrogen-bond acceptors (Lipinski definition) is 1. The van der Waals surface area contributed by atoms with Gasteiger partial charge in [-0.15, -0.1) is 0 Å². The standard InChI is InChI=1S/C9H13F2NO/c10-8(11)9-4-1-2-7(3-5-9)12(9)6-13/h6-8H,1-5H2. The summed E-state index contributed by atoms with van der Waals surface area (Å²) in [5.41, 5.74) is -1.11. The highest BCUT2D eigenvalue weighted by Gasteiger charge is 2.53. The molecule has 0 spiro atoms. The van der Waals surface area contributed by atoms with Crippen molar-refractivity contribution >= 4 is 6.41 Å². The number of rotatable bonds is 2. The van der Waals surface area contributed by atoms with Gasteiger partial charge in [-0.1, -0.05) is 0 Å². The molecule has 2 bridgehead atoms. The van der Waals surface area contributed by atoms with Crippen molar-refractivity contribution in [3.63, 3.8) is 0 Å². The Kier molecular flexibility index (Phi) is 2.00. The van der Waals surface area contributed by atoms with Crippen molar-refractivity contribution in [3.05, 3.63) is 0 Å². The van der Waals surface area contributed by atoms with Gasteiger partial charge < -0.3 is 4.90 Å². The van der Waals surface area contributed by atoms with Crippen molar-refractivity contribution < 1.29 is 13.6 Å². The molecule has 4 heteroatoms. The zero-order chi connectivity index (χ0) is 9.47. The van der Waals surface area contributed by atoms with Crippen LogP contribution in [-0.4, -0.2) is 29.3 Å². The average Bonchev–Trinajstić information content (AvgIpc) is 2.32. The number of nitrogens with zero attached hydrogens (tertiary/aromatic N) is 1. The van der Waals surface area contributed by atoms with Crippen LogP contribution in [0.15, 0.2) is 0 Å². The second kappa shape index (κ2) is 2.93. The van der Waals surface area contributed by atoms with E-state index in [9.17, 15) is 13.6 Å². The molecule has 2 aliphatic heterocycles. The first kappa shape index (κ1) is 8.91. The van der Waals surface area contributed by atoms with Gasteiger partial charge in [0.1, 0.15) is 5.54 Å². The number of carbonyl (C=O) groups excluding carboxylic acids is 1. The van der Waals surface area contributed by atoms with Crippen LogP contribution >= 0.6 is 0 Å². The Bertz CT molecular complexity index is 218. The van der Waals surface area contributed by atoms with Gasteiger partial charge in [-0.2, -0.15) is 0 Å². The lowest BCUT2D eigenvalue weighted by atomic mass is 9.89. The number of hydrogen-bond donors (Lipinski definition) is 0. The Morgan fingerprint density at radius 2 is 2.15 bits per heavy atom. The molecule has 2 nitrogen and oxygen atoms in total. The maximum absolute atomic E-state index is 12.8. The van der Waals surface area contributed by atoms with E-state index < -0.39 is 12.0 Å². The van der Waals surface area contributed by atoms with Crippen LogP contribution in [-0.2, 0) is 4.79 Å². The summed E-state index contributed by atoms with van der Waals surface area (Å²) >= 11 is 0. The Balaban J connectivity index is 2.29. The normalized spacial score (nSPS) is 38.4. The van der Waals surface area contributed by atoms with E-state index >= 15 is 0 Å². The zero-order valence-corrected chi connectivity index (χ0v) is 7.38. The molecule has 2 saturated heterocycles. The van der Waals surface area contributed by atoms with E-state index in [0.29, 0.717) is 19.3 Å². The second-order valence-corrected chi connectivity index (χ2v) is 4.00. The number of piperidine rings is 1. The molecule has 0 aromatic heterocycles. The van der Waals surface area contributed by atoms with Crippen LogP contribution in [0.1, 0.15) is 32.1 Å². The van der Waals surface area contributed by atoms with Crippen LogP contribution in [0.25, 0.3) is 0 Å². The highest BCUT2D eigenvalue weighted by atomic mass is 19.3. The molecule has 13 heavy (non-hydrogen) atoms. The minimum absolute atomic E-state index is 0.0836. The SMILES string of the molecule is O=CN1C2CCCC1(C(F)F)CC2. The minimum Gasteiger partial charge on any atom is -0.331 e. The third-order valence-electron chi connectivity index (χ3n) is 3.48. The van der Waals surface area contributed by atoms with E-state index in [2.05, 4.69) is 0 Å². The van der Waals surface area contributed by atoms with Crippen molar-refractivity contribution in [2.24, 2.45) is 0 Å². The first-order chi connectivity index (χ1) is 6.20. The fourth-order valence-electron chi connectivity index (χ4n) is 2.75. The van der Waals surface area contributed by atoms with Gasteiger partial charge in [0.25, 0.3) is 6.43 Å². The van der Waals surface area contributed by atoms with E-state index in [-0.39, 0.29) is 6.04 Å². The summed E-state index contributed by atoms with van der Waals surface area (Å²) in [4.78, 5) is 12.1. The average molecular weight is 189 g/mol. The van der Waals surface area contributed by atoms with Crippen LogP contribution in [0, 0.1) is 0 Å². The summed E-state index contributed by atoms with van der Waals surface area (Å²) in [6.07, 6.45) is 1.66. The first-order valence-electron chi connectivity index (χ1n) is 4.72. The second-order valence-electron chi connectivity index (χ2n) is 4.00. The molecule has 2 aliphatic rings. The summed E-state index contributed by atoms with van der Waals surface area (Å²) in [6.45, 7) is 0. The lowest BCUT2D eigenvalue weighted by Gasteiger charge is -2.41. The van der Waals surface area contributed by atoms with Gasteiger partial charge in [0.05, 0.1) is 0 Å². The molecule has 1 amide bonds. The Hall–Kier alpha value is -0.670. The van der Waals surface area contributed by atoms with E-state index in [1.54, 1.807) is 0 Å². The quantitative estimate of drug-likeness (QED) is 0.606.